The molecule has 2 heterocycles. The Bertz CT molecular complexity index is 1740. The molecule has 0 aliphatic carbocycles. The fraction of sp³-hybridized carbons (Fsp3) is 0.250. The number of aromatic amines is 1. The Balaban J connectivity index is 1.33. The summed E-state index contributed by atoms with van der Waals surface area (Å²) in [5.74, 6) is -1.52. The Morgan fingerprint density at radius 3 is 2.20 bits per heavy atom. The molecule has 1 aromatic heterocycles. The van der Waals surface area contributed by atoms with Crippen LogP contribution in [-0.4, -0.2) is 52.1 Å². The molecule has 0 fully saturated rings. The third kappa shape index (κ3) is 7.40. The molecule has 0 spiro atoms. The van der Waals surface area contributed by atoms with Crippen LogP contribution in [0, 0.1) is 12.8 Å². The Morgan fingerprint density at radius 1 is 0.870 bits per heavy atom. The summed E-state index contributed by atoms with van der Waals surface area (Å²) in [6.07, 6.45) is 2.91. The van der Waals surface area contributed by atoms with E-state index in [0.717, 1.165) is 16.7 Å². The van der Waals surface area contributed by atoms with Crippen molar-refractivity contribution in [2.24, 2.45) is 5.92 Å². The number of rotatable bonds is 11. The van der Waals surface area contributed by atoms with Crippen molar-refractivity contribution in [1.29, 1.82) is 0 Å². The highest BCUT2D eigenvalue weighted by atomic mass is 16.6. The first kappa shape index (κ1) is 31.9. The molecule has 5 N–H and O–H groups in total. The average molecular weight is 624 g/mol. The van der Waals surface area contributed by atoms with Gasteiger partial charge >= 0.3 is 0 Å². The van der Waals surface area contributed by atoms with Crippen LogP contribution in [0.25, 0.3) is 17.2 Å². The van der Waals surface area contributed by atoms with Gasteiger partial charge in [-0.25, -0.2) is 0 Å². The molecule has 5 rings (SSSR count). The van der Waals surface area contributed by atoms with Gasteiger partial charge in [-0.3, -0.25) is 19.4 Å². The first-order valence-electron chi connectivity index (χ1n) is 15.1. The van der Waals surface area contributed by atoms with E-state index in [2.05, 4.69) is 15.6 Å². The summed E-state index contributed by atoms with van der Waals surface area (Å²) in [6, 6.07) is 21.2. The van der Waals surface area contributed by atoms with Crippen LogP contribution in [0.4, 0.5) is 0 Å². The maximum atomic E-state index is 13.4. The fourth-order valence-electron chi connectivity index (χ4n) is 5.31. The predicted molar refractivity (Wildman–Crippen MR) is 174 cm³/mol. The van der Waals surface area contributed by atoms with Crippen molar-refractivity contribution < 1.29 is 34.1 Å². The number of hydrogen-bond donors (Lipinski definition) is 5. The van der Waals surface area contributed by atoms with E-state index >= 15 is 0 Å². The summed E-state index contributed by atoms with van der Waals surface area (Å²) in [7, 11) is 0. The lowest BCUT2D eigenvalue weighted by Crippen LogP contribution is -2.45. The van der Waals surface area contributed by atoms with E-state index in [0.29, 0.717) is 30.3 Å². The standard InChI is InChI=1S/C36H37N3O7/c1-21(2)33(34(42)32-22(3)35(43)39-36(32)44)38-31(41)20-27(26-14-15-28-29(19-26)46-18-17-45-28)37-30(40)16-11-23-9-12-25(13-10-23)24-7-5-4-6-8-24/h4-16,19,21,27,33,39,43-44H,17-18,20H2,1-3H3,(H,37,40)(H,38,41)/t27?,33-/m0/s1. The predicted octanol–water partition coefficient (Wildman–Crippen LogP) is 5.46. The Hall–Kier alpha value is -5.51. The van der Waals surface area contributed by atoms with E-state index in [1.54, 1.807) is 38.1 Å². The van der Waals surface area contributed by atoms with Crippen LogP contribution < -0.4 is 20.1 Å². The smallest absolute Gasteiger partial charge is 0.244 e. The van der Waals surface area contributed by atoms with Crippen molar-refractivity contribution >= 4 is 23.7 Å². The number of fused-ring (bicyclic) bond motifs is 1. The Kier molecular flexibility index (Phi) is 9.76. The van der Waals surface area contributed by atoms with Crippen LogP contribution in [0.15, 0.2) is 78.9 Å². The first-order chi connectivity index (χ1) is 22.1. The van der Waals surface area contributed by atoms with E-state index in [4.69, 9.17) is 9.47 Å². The van der Waals surface area contributed by atoms with Gasteiger partial charge in [0.25, 0.3) is 0 Å². The lowest BCUT2D eigenvalue weighted by Gasteiger charge is -2.25. The number of amides is 2. The second-order valence-electron chi connectivity index (χ2n) is 11.5. The monoisotopic (exact) mass is 623 g/mol. The maximum absolute atomic E-state index is 13.4. The second-order valence-corrected chi connectivity index (χ2v) is 11.5. The minimum absolute atomic E-state index is 0.0878. The second kappa shape index (κ2) is 14.1. The molecule has 2 atom stereocenters. The van der Waals surface area contributed by atoms with Gasteiger partial charge in [0, 0.05) is 11.6 Å². The molecule has 10 nitrogen and oxygen atoms in total. The van der Waals surface area contributed by atoms with Crippen molar-refractivity contribution in [3.63, 3.8) is 0 Å². The first-order valence-corrected chi connectivity index (χ1v) is 15.1. The Labute approximate surface area is 267 Å². The highest BCUT2D eigenvalue weighted by Crippen LogP contribution is 2.34. The minimum Gasteiger partial charge on any atom is -0.494 e. The van der Waals surface area contributed by atoms with Gasteiger partial charge in [-0.05, 0) is 53.3 Å². The van der Waals surface area contributed by atoms with Gasteiger partial charge in [-0.15, -0.1) is 0 Å². The normalized spacial score (nSPS) is 13.7. The van der Waals surface area contributed by atoms with E-state index in [-0.39, 0.29) is 29.3 Å². The maximum Gasteiger partial charge on any atom is 0.244 e. The highest BCUT2D eigenvalue weighted by Gasteiger charge is 2.32. The van der Waals surface area contributed by atoms with Crippen LogP contribution in [0.2, 0.25) is 0 Å². The third-order valence-electron chi connectivity index (χ3n) is 7.84. The lowest BCUT2D eigenvalue weighted by molar-refractivity contribution is -0.123. The zero-order chi connectivity index (χ0) is 32.8. The lowest BCUT2D eigenvalue weighted by atomic mass is 9.93. The van der Waals surface area contributed by atoms with Gasteiger partial charge in [0.1, 0.15) is 13.2 Å². The zero-order valence-corrected chi connectivity index (χ0v) is 25.9. The van der Waals surface area contributed by atoms with Gasteiger partial charge in [0.05, 0.1) is 24.1 Å². The number of nitrogens with one attached hydrogen (secondary N) is 3. The van der Waals surface area contributed by atoms with E-state index in [9.17, 15) is 24.6 Å². The highest BCUT2D eigenvalue weighted by molar-refractivity contribution is 6.05. The van der Waals surface area contributed by atoms with Crippen molar-refractivity contribution in [2.75, 3.05) is 13.2 Å². The number of H-pyrrole nitrogens is 1. The van der Waals surface area contributed by atoms with E-state index in [1.807, 2.05) is 54.6 Å². The summed E-state index contributed by atoms with van der Waals surface area (Å²) < 4.78 is 11.4. The van der Waals surface area contributed by atoms with Crippen LogP contribution in [0.5, 0.6) is 23.3 Å². The largest absolute Gasteiger partial charge is 0.494 e. The quantitative estimate of drug-likeness (QED) is 0.110. The summed E-state index contributed by atoms with van der Waals surface area (Å²) in [5.41, 5.74) is 3.70. The number of ketones is 1. The SMILES string of the molecule is Cc1c(O)[nH]c(O)c1C(=O)[C@@H](NC(=O)CC(NC(=O)C=Cc1ccc(-c2ccccc2)cc1)c1ccc2c(c1)OCCO2)C(C)C. The summed E-state index contributed by atoms with van der Waals surface area (Å²) >= 11 is 0. The fourth-order valence-corrected chi connectivity index (χ4v) is 5.31. The summed E-state index contributed by atoms with van der Waals surface area (Å²) in [6.45, 7) is 5.82. The van der Waals surface area contributed by atoms with E-state index in [1.165, 1.54) is 13.0 Å². The molecule has 1 aliphatic rings. The molecule has 0 radical (unpaired) electrons. The van der Waals surface area contributed by atoms with Gasteiger partial charge in [-0.2, -0.15) is 0 Å². The van der Waals surface area contributed by atoms with Crippen LogP contribution in [-0.2, 0) is 9.59 Å². The molecular formula is C36H37N3O7. The number of ether oxygens (including phenoxy) is 2. The molecular weight excluding hydrogens is 586 g/mol. The van der Waals surface area contributed by atoms with Gasteiger partial charge in [0.2, 0.25) is 17.7 Å². The molecule has 0 bridgehead atoms. The van der Waals surface area contributed by atoms with Crippen molar-refractivity contribution in [1.82, 2.24) is 15.6 Å². The molecule has 0 saturated heterocycles. The van der Waals surface area contributed by atoms with E-state index < -0.39 is 35.6 Å². The van der Waals surface area contributed by atoms with Gasteiger partial charge in [-0.1, -0.05) is 74.5 Å². The van der Waals surface area contributed by atoms with Crippen molar-refractivity contribution in [3.8, 4) is 34.4 Å². The third-order valence-corrected chi connectivity index (χ3v) is 7.84. The number of carbonyl (C=O) groups is 3. The Morgan fingerprint density at radius 2 is 1.54 bits per heavy atom. The number of Topliss-reactive ketones (excluding diaryl/α,β-unsaturated/α-hetero) is 1. The summed E-state index contributed by atoms with van der Waals surface area (Å²) in [5, 5.41) is 25.8. The molecule has 2 amide bonds. The van der Waals surface area contributed by atoms with Gasteiger partial charge < -0.3 is 30.3 Å². The molecule has 4 aromatic rings. The minimum atomic E-state index is -0.998. The van der Waals surface area contributed by atoms with Crippen LogP contribution in [0.3, 0.4) is 0 Å². The molecule has 0 saturated carbocycles. The van der Waals surface area contributed by atoms with Crippen molar-refractivity contribution in [2.45, 2.75) is 39.3 Å². The molecule has 10 heteroatoms. The molecule has 46 heavy (non-hydrogen) atoms. The van der Waals surface area contributed by atoms with Crippen molar-refractivity contribution in [3.05, 3.63) is 101 Å². The van der Waals surface area contributed by atoms with Gasteiger partial charge in [0.15, 0.2) is 23.2 Å². The number of aromatic hydroxyl groups is 2. The van der Waals surface area contributed by atoms with Crippen LogP contribution >= 0.6 is 0 Å². The molecule has 1 unspecified atom stereocenters. The number of hydrogen-bond acceptors (Lipinski definition) is 7. The molecule has 3 aromatic carbocycles. The zero-order valence-electron chi connectivity index (χ0n) is 25.9. The number of carbonyl (C=O) groups excluding carboxylic acids is 3. The average Bonchev–Trinajstić information content (AvgIpc) is 3.32. The van der Waals surface area contributed by atoms with Crippen LogP contribution in [0.1, 0.15) is 53.4 Å². The molecule has 238 valence electrons. The number of aromatic nitrogens is 1. The topological polar surface area (TPSA) is 150 Å². The number of benzene rings is 3. The summed E-state index contributed by atoms with van der Waals surface area (Å²) in [4.78, 5) is 42.3. The molecule has 1 aliphatic heterocycles.